The average Bonchev–Trinajstić information content (AvgIpc) is 2.76. The van der Waals surface area contributed by atoms with Crippen molar-refractivity contribution in [2.24, 2.45) is 0 Å². The van der Waals surface area contributed by atoms with Crippen molar-refractivity contribution in [3.63, 3.8) is 0 Å². The molecule has 0 N–H and O–H groups in total. The Hall–Kier alpha value is -1.35. The molecule has 0 bridgehead atoms. The number of rotatable bonds is 4. The maximum Gasteiger partial charge on any atom is 0.433 e. The number of methoxy groups -OCH3 is 1. The summed E-state index contributed by atoms with van der Waals surface area (Å²) in [5, 5.41) is 4.17. The average molecular weight is 278 g/mol. The summed E-state index contributed by atoms with van der Waals surface area (Å²) in [5.74, 6) is 0.456. The molecule has 2 rings (SSSR count). The molecule has 98 valence electrons. The Bertz CT molecular complexity index is 542. The van der Waals surface area contributed by atoms with E-state index in [4.69, 9.17) is 4.74 Å². The maximum atomic E-state index is 12.6. The van der Waals surface area contributed by atoms with Crippen molar-refractivity contribution in [2.45, 2.75) is 11.2 Å². The molecule has 0 unspecified atom stereocenters. The lowest BCUT2D eigenvalue weighted by atomic mass is 10.4. The highest BCUT2D eigenvalue weighted by atomic mass is 32.2. The van der Waals surface area contributed by atoms with Crippen LogP contribution < -0.4 is 0 Å². The molecule has 18 heavy (non-hydrogen) atoms. The number of aromatic nitrogens is 4. The van der Waals surface area contributed by atoms with Gasteiger partial charge in [-0.05, 0) is 0 Å². The summed E-state index contributed by atoms with van der Waals surface area (Å²) in [6.45, 7) is 0.435. The number of alkyl halides is 3. The first-order valence-electron chi connectivity index (χ1n) is 4.92. The van der Waals surface area contributed by atoms with Crippen molar-refractivity contribution < 1.29 is 17.9 Å². The standard InChI is InChI=1S/C9H9F3N4OS/c1-17-2-3-18-7-4-6(9(10,11)12)15-8-13-5-14-16(7)8/h4-5H,2-3H2,1H3. The van der Waals surface area contributed by atoms with Crippen LogP contribution in [0.15, 0.2) is 17.4 Å². The Labute approximate surface area is 104 Å². The second-order valence-corrected chi connectivity index (χ2v) is 4.41. The van der Waals surface area contributed by atoms with Crippen molar-refractivity contribution in [1.82, 2.24) is 19.6 Å². The summed E-state index contributed by atoms with van der Waals surface area (Å²) in [4.78, 5) is 7.09. The Kier molecular flexibility index (Phi) is 3.71. The number of hydrogen-bond donors (Lipinski definition) is 0. The Morgan fingerprint density at radius 3 is 2.89 bits per heavy atom. The van der Waals surface area contributed by atoms with Crippen LogP contribution in [0, 0.1) is 0 Å². The summed E-state index contributed by atoms with van der Waals surface area (Å²) in [6, 6.07) is 0.960. The van der Waals surface area contributed by atoms with E-state index >= 15 is 0 Å². The normalized spacial score (nSPS) is 12.2. The smallest absolute Gasteiger partial charge is 0.384 e. The molecule has 0 amide bonds. The topological polar surface area (TPSA) is 52.3 Å². The Morgan fingerprint density at radius 2 is 2.22 bits per heavy atom. The van der Waals surface area contributed by atoms with E-state index in [0.717, 1.165) is 6.07 Å². The van der Waals surface area contributed by atoms with Gasteiger partial charge in [-0.25, -0.2) is 4.98 Å². The third-order valence-corrected chi connectivity index (χ3v) is 3.00. The molecule has 0 saturated carbocycles. The summed E-state index contributed by atoms with van der Waals surface area (Å²) in [7, 11) is 1.53. The van der Waals surface area contributed by atoms with Gasteiger partial charge in [-0.1, -0.05) is 0 Å². The number of nitrogens with zero attached hydrogens (tertiary/aromatic N) is 4. The van der Waals surface area contributed by atoms with Gasteiger partial charge in [-0.15, -0.1) is 11.8 Å². The van der Waals surface area contributed by atoms with E-state index in [9.17, 15) is 13.2 Å². The molecular weight excluding hydrogens is 269 g/mol. The minimum absolute atomic E-state index is 0.0651. The van der Waals surface area contributed by atoms with E-state index in [1.54, 1.807) is 0 Å². The highest BCUT2D eigenvalue weighted by Crippen LogP contribution is 2.30. The summed E-state index contributed by atoms with van der Waals surface area (Å²) < 4.78 is 44.0. The molecule has 0 fully saturated rings. The molecule has 0 aliphatic carbocycles. The number of thioether (sulfide) groups is 1. The van der Waals surface area contributed by atoms with Crippen LogP contribution in [0.1, 0.15) is 5.69 Å². The molecule has 5 nitrogen and oxygen atoms in total. The fraction of sp³-hybridized carbons (Fsp3) is 0.444. The Morgan fingerprint density at radius 1 is 1.44 bits per heavy atom. The molecule has 0 saturated heterocycles. The lowest BCUT2D eigenvalue weighted by molar-refractivity contribution is -0.141. The van der Waals surface area contributed by atoms with Crippen LogP contribution >= 0.6 is 11.8 Å². The van der Waals surface area contributed by atoms with Gasteiger partial charge in [0, 0.05) is 18.9 Å². The fourth-order valence-electron chi connectivity index (χ4n) is 1.26. The molecule has 9 heteroatoms. The predicted octanol–water partition coefficient (Wildman–Crippen LogP) is 1.88. The monoisotopic (exact) mass is 278 g/mol. The molecule has 0 spiro atoms. The van der Waals surface area contributed by atoms with Crippen LogP contribution in [0.2, 0.25) is 0 Å². The van der Waals surface area contributed by atoms with Crippen LogP contribution in [-0.4, -0.2) is 39.1 Å². The van der Waals surface area contributed by atoms with Gasteiger partial charge in [0.15, 0.2) is 5.69 Å². The predicted molar refractivity (Wildman–Crippen MR) is 58.4 cm³/mol. The van der Waals surface area contributed by atoms with Gasteiger partial charge in [0.2, 0.25) is 0 Å². The van der Waals surface area contributed by atoms with Gasteiger partial charge in [-0.3, -0.25) is 0 Å². The molecule has 0 atom stereocenters. The molecule has 2 heterocycles. The minimum Gasteiger partial charge on any atom is -0.384 e. The first-order chi connectivity index (χ1) is 8.52. The van der Waals surface area contributed by atoms with Crippen molar-refractivity contribution in [3.8, 4) is 0 Å². The first kappa shape index (κ1) is 13.1. The van der Waals surface area contributed by atoms with Gasteiger partial charge >= 0.3 is 6.18 Å². The zero-order valence-corrected chi connectivity index (χ0v) is 10.1. The van der Waals surface area contributed by atoms with E-state index < -0.39 is 11.9 Å². The zero-order chi connectivity index (χ0) is 13.2. The van der Waals surface area contributed by atoms with Crippen molar-refractivity contribution in [1.29, 1.82) is 0 Å². The van der Waals surface area contributed by atoms with E-state index in [-0.39, 0.29) is 5.78 Å². The quantitative estimate of drug-likeness (QED) is 0.485. The SMILES string of the molecule is COCCSc1cc(C(F)(F)F)nc2ncnn12. The second kappa shape index (κ2) is 5.11. The number of hydrogen-bond acceptors (Lipinski definition) is 5. The second-order valence-electron chi connectivity index (χ2n) is 3.29. The number of halogens is 3. The lowest BCUT2D eigenvalue weighted by Crippen LogP contribution is -2.11. The minimum atomic E-state index is -4.50. The van der Waals surface area contributed by atoms with Gasteiger partial charge < -0.3 is 4.74 Å². The molecule has 0 aliphatic heterocycles. The summed E-state index contributed by atoms with van der Waals surface area (Å²) >= 11 is 1.20. The molecule has 2 aromatic heterocycles. The van der Waals surface area contributed by atoms with Gasteiger partial charge in [0.25, 0.3) is 5.78 Å². The molecule has 0 aromatic carbocycles. The van der Waals surface area contributed by atoms with E-state index in [1.807, 2.05) is 0 Å². The van der Waals surface area contributed by atoms with Crippen molar-refractivity contribution in [3.05, 3.63) is 18.1 Å². The van der Waals surface area contributed by atoms with E-state index in [0.29, 0.717) is 17.4 Å². The summed E-state index contributed by atoms with van der Waals surface area (Å²) in [6.07, 6.45) is -3.33. The Balaban J connectivity index is 2.39. The fourth-order valence-corrected chi connectivity index (χ4v) is 2.17. The number of fused-ring (bicyclic) bond motifs is 1. The van der Waals surface area contributed by atoms with Crippen molar-refractivity contribution >= 4 is 17.5 Å². The first-order valence-corrected chi connectivity index (χ1v) is 5.90. The van der Waals surface area contributed by atoms with Crippen LogP contribution in [0.25, 0.3) is 5.78 Å². The van der Waals surface area contributed by atoms with E-state index in [1.165, 1.54) is 29.7 Å². The van der Waals surface area contributed by atoms with Gasteiger partial charge in [-0.2, -0.15) is 27.8 Å². The zero-order valence-electron chi connectivity index (χ0n) is 9.31. The lowest BCUT2D eigenvalue weighted by Gasteiger charge is -2.08. The third kappa shape index (κ3) is 2.72. The molecular formula is C9H9F3N4OS. The van der Waals surface area contributed by atoms with Gasteiger partial charge in [0.05, 0.1) is 6.61 Å². The van der Waals surface area contributed by atoms with Crippen LogP contribution in [-0.2, 0) is 10.9 Å². The van der Waals surface area contributed by atoms with E-state index in [2.05, 4.69) is 15.1 Å². The highest BCUT2D eigenvalue weighted by Gasteiger charge is 2.34. The molecule has 0 radical (unpaired) electrons. The molecule has 2 aromatic rings. The van der Waals surface area contributed by atoms with Crippen molar-refractivity contribution in [2.75, 3.05) is 19.5 Å². The summed E-state index contributed by atoms with van der Waals surface area (Å²) in [5.41, 5.74) is -0.970. The van der Waals surface area contributed by atoms with Crippen LogP contribution in [0.4, 0.5) is 13.2 Å². The largest absolute Gasteiger partial charge is 0.433 e. The van der Waals surface area contributed by atoms with Crippen LogP contribution in [0.3, 0.4) is 0 Å². The maximum absolute atomic E-state index is 12.6. The highest BCUT2D eigenvalue weighted by molar-refractivity contribution is 7.99. The van der Waals surface area contributed by atoms with Gasteiger partial charge in [0.1, 0.15) is 11.4 Å². The third-order valence-electron chi connectivity index (χ3n) is 2.05. The number of ether oxygens (including phenoxy) is 1. The molecule has 0 aliphatic rings. The van der Waals surface area contributed by atoms with Crippen LogP contribution in [0.5, 0.6) is 0 Å².